The monoisotopic (exact) mass is 251 g/mol. The maximum absolute atomic E-state index is 5.79. The molecule has 1 unspecified atom stereocenters. The average molecular weight is 251 g/mol. The van der Waals surface area contributed by atoms with Crippen LogP contribution in [0.3, 0.4) is 0 Å². The number of rotatable bonds is 3. The molecule has 0 spiro atoms. The number of nitrogens with zero attached hydrogens (tertiary/aromatic N) is 2. The second-order valence-corrected chi connectivity index (χ2v) is 6.05. The van der Waals surface area contributed by atoms with Crippen LogP contribution in [0.4, 0.5) is 0 Å². The first-order valence-corrected chi connectivity index (χ1v) is 6.62. The molecule has 0 radical (unpaired) electrons. The van der Waals surface area contributed by atoms with Crippen LogP contribution in [0.2, 0.25) is 0 Å². The van der Waals surface area contributed by atoms with E-state index in [1.165, 1.54) is 4.90 Å². The molecule has 2 rings (SSSR count). The lowest BCUT2D eigenvalue weighted by Crippen LogP contribution is -2.04. The Hall–Kier alpha value is -0.910. The van der Waals surface area contributed by atoms with Crippen LogP contribution < -0.4 is 5.73 Å². The lowest BCUT2D eigenvalue weighted by atomic mass is 10.1. The molecule has 1 atom stereocenters. The maximum atomic E-state index is 5.79. The molecule has 84 valence electrons. The Morgan fingerprint density at radius 2 is 1.94 bits per heavy atom. The number of aryl methyl sites for hydroxylation is 1. The minimum absolute atomic E-state index is 0.0859. The van der Waals surface area contributed by atoms with Crippen molar-refractivity contribution in [2.45, 2.75) is 29.1 Å². The van der Waals surface area contributed by atoms with E-state index in [4.69, 9.17) is 5.73 Å². The fraction of sp³-hybridized carbons (Fsp3) is 0.273. The van der Waals surface area contributed by atoms with Crippen LogP contribution in [-0.2, 0) is 0 Å². The van der Waals surface area contributed by atoms with Gasteiger partial charge in [0.25, 0.3) is 0 Å². The number of nitrogens with two attached hydrogens (primary N) is 1. The molecular formula is C11H13N3S2. The summed E-state index contributed by atoms with van der Waals surface area (Å²) in [5.74, 6) is 0. The summed E-state index contributed by atoms with van der Waals surface area (Å²) in [5.41, 5.74) is 6.94. The molecule has 3 nitrogen and oxygen atoms in total. The predicted molar refractivity (Wildman–Crippen MR) is 67.8 cm³/mol. The van der Waals surface area contributed by atoms with Crippen LogP contribution in [-0.4, -0.2) is 10.2 Å². The van der Waals surface area contributed by atoms with Crippen LogP contribution in [0.15, 0.2) is 33.5 Å². The highest BCUT2D eigenvalue weighted by Crippen LogP contribution is 2.30. The van der Waals surface area contributed by atoms with Crippen molar-refractivity contribution in [3.8, 4) is 0 Å². The lowest BCUT2D eigenvalue weighted by Gasteiger charge is -2.05. The SMILES string of the molecule is Cc1nnc(Sc2ccc(C(C)N)cc2)s1. The zero-order valence-corrected chi connectivity index (χ0v) is 10.8. The van der Waals surface area contributed by atoms with Crippen LogP contribution in [0.1, 0.15) is 23.5 Å². The van der Waals surface area contributed by atoms with Gasteiger partial charge in [0, 0.05) is 10.9 Å². The molecule has 2 N–H and O–H groups in total. The van der Waals surface area contributed by atoms with Crippen molar-refractivity contribution >= 4 is 23.1 Å². The molecule has 0 fully saturated rings. The minimum Gasteiger partial charge on any atom is -0.324 e. The number of hydrogen-bond acceptors (Lipinski definition) is 5. The summed E-state index contributed by atoms with van der Waals surface area (Å²) < 4.78 is 0.978. The zero-order chi connectivity index (χ0) is 11.5. The van der Waals surface area contributed by atoms with E-state index in [0.717, 1.165) is 14.9 Å². The molecule has 0 bridgehead atoms. The van der Waals surface area contributed by atoms with Gasteiger partial charge in [-0.15, -0.1) is 10.2 Å². The predicted octanol–water partition coefficient (Wildman–Crippen LogP) is 3.02. The highest BCUT2D eigenvalue weighted by molar-refractivity contribution is 8.01. The standard InChI is InChI=1S/C11H13N3S2/c1-7(12)9-3-5-10(6-4-9)16-11-14-13-8(2)15-11/h3-7H,12H2,1-2H3. The fourth-order valence-corrected chi connectivity index (χ4v) is 3.05. The molecule has 0 amide bonds. The smallest absolute Gasteiger partial charge is 0.179 e. The fourth-order valence-electron chi connectivity index (χ4n) is 1.26. The van der Waals surface area contributed by atoms with Crippen molar-refractivity contribution in [2.75, 3.05) is 0 Å². The Balaban J connectivity index is 2.11. The average Bonchev–Trinajstić information content (AvgIpc) is 2.65. The quantitative estimate of drug-likeness (QED) is 0.911. The first-order chi connectivity index (χ1) is 7.65. The van der Waals surface area contributed by atoms with Gasteiger partial charge in [0.15, 0.2) is 4.34 Å². The van der Waals surface area contributed by atoms with E-state index in [-0.39, 0.29) is 6.04 Å². The summed E-state index contributed by atoms with van der Waals surface area (Å²) in [4.78, 5) is 1.17. The van der Waals surface area contributed by atoms with Crippen LogP contribution in [0.5, 0.6) is 0 Å². The largest absolute Gasteiger partial charge is 0.324 e. The van der Waals surface area contributed by atoms with Gasteiger partial charge >= 0.3 is 0 Å². The first kappa shape index (κ1) is 11.6. The van der Waals surface area contributed by atoms with Crippen LogP contribution in [0, 0.1) is 6.92 Å². The maximum Gasteiger partial charge on any atom is 0.179 e. The van der Waals surface area contributed by atoms with Crippen molar-refractivity contribution in [1.82, 2.24) is 10.2 Å². The van der Waals surface area contributed by atoms with Gasteiger partial charge in [-0.25, -0.2) is 0 Å². The van der Waals surface area contributed by atoms with Crippen LogP contribution in [0.25, 0.3) is 0 Å². The van der Waals surface area contributed by atoms with Gasteiger partial charge in [0.1, 0.15) is 5.01 Å². The number of aromatic nitrogens is 2. The van der Waals surface area contributed by atoms with Gasteiger partial charge in [-0.3, -0.25) is 0 Å². The van der Waals surface area contributed by atoms with Crippen LogP contribution >= 0.6 is 23.1 Å². The molecule has 5 heteroatoms. The highest BCUT2D eigenvalue weighted by Gasteiger charge is 2.04. The molecule has 1 heterocycles. The highest BCUT2D eigenvalue weighted by atomic mass is 32.2. The molecule has 0 aliphatic rings. The van der Waals surface area contributed by atoms with E-state index < -0.39 is 0 Å². The van der Waals surface area contributed by atoms with E-state index in [1.54, 1.807) is 23.1 Å². The molecule has 0 aliphatic heterocycles. The van der Waals surface area contributed by atoms with Gasteiger partial charge < -0.3 is 5.73 Å². The molecular weight excluding hydrogens is 238 g/mol. The van der Waals surface area contributed by atoms with Gasteiger partial charge in [0.2, 0.25) is 0 Å². The third kappa shape index (κ3) is 2.81. The summed E-state index contributed by atoms with van der Waals surface area (Å²) in [6, 6.07) is 8.34. The number of hydrogen-bond donors (Lipinski definition) is 1. The van der Waals surface area contributed by atoms with E-state index in [9.17, 15) is 0 Å². The molecule has 0 saturated carbocycles. The second kappa shape index (κ2) is 4.95. The molecule has 0 saturated heterocycles. The Labute approximate surface area is 103 Å². The normalized spacial score (nSPS) is 12.7. The van der Waals surface area contributed by atoms with Crippen molar-refractivity contribution in [2.24, 2.45) is 5.73 Å². The number of benzene rings is 1. The van der Waals surface area contributed by atoms with Gasteiger partial charge in [-0.2, -0.15) is 0 Å². The third-order valence-corrected chi connectivity index (χ3v) is 4.02. The second-order valence-electron chi connectivity index (χ2n) is 3.55. The van der Waals surface area contributed by atoms with Crippen molar-refractivity contribution in [3.05, 3.63) is 34.8 Å². The Kier molecular flexibility index (Phi) is 3.58. The molecule has 0 aliphatic carbocycles. The lowest BCUT2D eigenvalue weighted by molar-refractivity contribution is 0.817. The molecule has 1 aromatic carbocycles. The summed E-state index contributed by atoms with van der Waals surface area (Å²) in [7, 11) is 0. The summed E-state index contributed by atoms with van der Waals surface area (Å²) in [5, 5.41) is 9.06. The van der Waals surface area contributed by atoms with Crippen molar-refractivity contribution in [1.29, 1.82) is 0 Å². The Bertz CT molecular complexity index is 462. The van der Waals surface area contributed by atoms with Gasteiger partial charge in [0.05, 0.1) is 0 Å². The minimum atomic E-state index is 0.0859. The van der Waals surface area contributed by atoms with E-state index >= 15 is 0 Å². The summed E-state index contributed by atoms with van der Waals surface area (Å²) in [6.07, 6.45) is 0. The summed E-state index contributed by atoms with van der Waals surface area (Å²) >= 11 is 3.24. The van der Waals surface area contributed by atoms with E-state index in [1.807, 2.05) is 13.8 Å². The Morgan fingerprint density at radius 1 is 1.25 bits per heavy atom. The Morgan fingerprint density at radius 3 is 2.44 bits per heavy atom. The molecule has 1 aromatic heterocycles. The molecule has 2 aromatic rings. The van der Waals surface area contributed by atoms with E-state index in [0.29, 0.717) is 0 Å². The van der Waals surface area contributed by atoms with Crippen molar-refractivity contribution < 1.29 is 0 Å². The van der Waals surface area contributed by atoms with Crippen molar-refractivity contribution in [3.63, 3.8) is 0 Å². The zero-order valence-electron chi connectivity index (χ0n) is 9.18. The van der Waals surface area contributed by atoms with Gasteiger partial charge in [-0.05, 0) is 31.5 Å². The van der Waals surface area contributed by atoms with Gasteiger partial charge in [-0.1, -0.05) is 35.2 Å². The molecule has 16 heavy (non-hydrogen) atoms. The third-order valence-electron chi connectivity index (χ3n) is 2.12. The van der Waals surface area contributed by atoms with E-state index in [2.05, 4.69) is 34.5 Å². The first-order valence-electron chi connectivity index (χ1n) is 4.98. The topological polar surface area (TPSA) is 51.8 Å². The summed E-state index contributed by atoms with van der Waals surface area (Å²) in [6.45, 7) is 3.94.